The number of benzene rings is 3. The zero-order valence-corrected chi connectivity index (χ0v) is 88.5. The molecule has 13 N–H and O–H groups in total. The van der Waals surface area contributed by atoms with Crippen LogP contribution in [-0.2, 0) is 104 Å². The molecule has 6 heterocycles. The van der Waals surface area contributed by atoms with Crippen molar-refractivity contribution in [1.82, 2.24) is 31.3 Å². The van der Waals surface area contributed by atoms with Gasteiger partial charge in [0.1, 0.15) is 66.3 Å². The Kier molecular flexibility index (Phi) is 43.6. The Morgan fingerprint density at radius 2 is 1.55 bits per heavy atom. The number of nitrogens with two attached hydrogens (primary N) is 1. The highest BCUT2D eigenvalue weighted by atomic mass is 127. The highest BCUT2D eigenvalue weighted by Gasteiger charge is 2.53. The first-order valence-corrected chi connectivity index (χ1v) is 53.8. The smallest absolute Gasteiger partial charge is 0.407 e. The maximum atomic E-state index is 14.7. The van der Waals surface area contributed by atoms with Crippen molar-refractivity contribution in [1.29, 1.82) is 0 Å². The molecule has 37 nitrogen and oxygen atoms in total. The minimum Gasteiger partial charge on any atom is -0.496 e. The second-order valence-electron chi connectivity index (χ2n) is 37.7. The number of ketones is 4. The number of allylic oxidation sites excluding steroid dienone is 2. The summed E-state index contributed by atoms with van der Waals surface area (Å²) in [5, 5.41) is 69.5. The van der Waals surface area contributed by atoms with Crippen LogP contribution in [-0.4, -0.2) is 284 Å². The summed E-state index contributed by atoms with van der Waals surface area (Å²) in [7, 11) is 6.76. The second kappa shape index (κ2) is 54.4. The van der Waals surface area contributed by atoms with Crippen LogP contribution >= 0.6 is 67.7 Å². The van der Waals surface area contributed by atoms with Gasteiger partial charge >= 0.3 is 18.1 Å². The van der Waals surface area contributed by atoms with E-state index in [2.05, 4.69) is 55.4 Å². The molecule has 5 fully saturated rings. The molecular formula is C102H133IN8O29S4. The molecule has 4 aromatic rings. The van der Waals surface area contributed by atoms with E-state index in [9.17, 15) is 83.1 Å². The number of rotatable bonds is 49. The molecule has 18 unspecified atom stereocenters. The lowest BCUT2D eigenvalue weighted by molar-refractivity contribution is -0.335. The number of nitrogens with zero attached hydrogens (tertiary/aromatic N) is 1. The van der Waals surface area contributed by atoms with E-state index in [1.54, 1.807) is 77.4 Å². The quantitative estimate of drug-likeness (QED) is 0.00372. The van der Waals surface area contributed by atoms with Gasteiger partial charge in [0, 0.05) is 146 Å². The molecule has 5 aliphatic heterocycles. The summed E-state index contributed by atoms with van der Waals surface area (Å²) in [5.41, 5.74) is 9.70. The van der Waals surface area contributed by atoms with Crippen LogP contribution in [0.15, 0.2) is 89.7 Å². The van der Waals surface area contributed by atoms with Gasteiger partial charge in [-0.1, -0.05) is 107 Å². The number of carbonyl (C=O) groups is 12. The SMILES string of the molecule is COC(=O)CC1=C2/C(=C/CSSC(C)(C)CCC(=O)CCCNC(=O)OCc3ccc(NC(=O)[C@H](CCCNC(N)=O)CC(=O)[C@H](Cc4c[nH]c5ccccc45)NC(=O)CCCCCN4C(=O)CC(SC)C4=O)cc3)[C@](O)(C#C/C=C\C#C[C@@H]2OC2OC(C)C(NOC3CC(O)C(SC(=O)c4c(C)c(I)c(OC5OC(C)C(O)C(OC)C5O)c(C)c4OC)C(C)O3)C(O)C2OC2CC(C)C(CC(C)=O)CO2)CC1=O. The maximum Gasteiger partial charge on any atom is 0.407 e. The number of methoxy groups -OCH3 is 3. The van der Waals surface area contributed by atoms with Gasteiger partial charge in [-0.05, 0) is 182 Å². The molecule has 2 aliphatic carbocycles. The molecule has 5 saturated heterocycles. The molecule has 7 aliphatic rings. The average Bonchev–Trinajstić information content (AvgIpc) is 1.77. The molecule has 22 atom stereocenters. The lowest BCUT2D eigenvalue weighted by Gasteiger charge is -2.46. The fourth-order valence-corrected chi connectivity index (χ4v) is 23.3. The number of aliphatic hydroxyl groups excluding tert-OH is 4. The molecule has 11 rings (SSSR count). The van der Waals surface area contributed by atoms with Crippen molar-refractivity contribution < 1.29 is 140 Å². The number of thioether (sulfide) groups is 2. The monoisotopic (exact) mass is 2190 g/mol. The van der Waals surface area contributed by atoms with Gasteiger partial charge in [0.05, 0.1) is 89.8 Å². The number of para-hydroxylation sites is 1. The predicted octanol–water partition coefficient (Wildman–Crippen LogP) is 9.76. The molecule has 1 aromatic heterocycles. The van der Waals surface area contributed by atoms with Crippen LogP contribution in [0.25, 0.3) is 10.9 Å². The van der Waals surface area contributed by atoms with E-state index in [-0.39, 0.29) is 189 Å². The number of urea groups is 1. The van der Waals surface area contributed by atoms with Crippen molar-refractivity contribution in [3.05, 3.63) is 121 Å². The van der Waals surface area contributed by atoms with E-state index >= 15 is 0 Å². The first-order chi connectivity index (χ1) is 68.6. The molecule has 0 spiro atoms. The molecule has 786 valence electrons. The van der Waals surface area contributed by atoms with E-state index in [0.29, 0.717) is 58.1 Å². The molecule has 0 saturated carbocycles. The van der Waals surface area contributed by atoms with Crippen molar-refractivity contribution in [3.8, 4) is 35.2 Å². The lowest BCUT2D eigenvalue weighted by Crippen LogP contribution is -2.64. The number of nitrogens with one attached hydrogen (secondary N) is 6. The highest BCUT2D eigenvalue weighted by molar-refractivity contribution is 14.1. The molecule has 3 aromatic carbocycles. The number of halogens is 1. The maximum absolute atomic E-state index is 14.7. The summed E-state index contributed by atoms with van der Waals surface area (Å²) in [5.74, 6) is 7.88. The Labute approximate surface area is 867 Å². The normalized spacial score (nSPS) is 27.4. The molecule has 7 amide bonds. The number of H-pyrrole nitrogens is 1. The van der Waals surface area contributed by atoms with Crippen molar-refractivity contribution in [2.75, 3.05) is 64.9 Å². The van der Waals surface area contributed by atoms with Gasteiger partial charge in [0.25, 0.3) is 0 Å². The minimum atomic E-state index is -2.19. The number of amides is 7. The van der Waals surface area contributed by atoms with Gasteiger partial charge in [0.15, 0.2) is 36.0 Å². The summed E-state index contributed by atoms with van der Waals surface area (Å²) in [6, 6.07) is 11.1. The number of fused-ring (bicyclic) bond motifs is 3. The number of hydrogen-bond acceptors (Lipinski definition) is 34. The van der Waals surface area contributed by atoms with Gasteiger partial charge in [-0.3, -0.25) is 52.9 Å². The number of hydrogen-bond donors (Lipinski definition) is 12. The number of Topliss-reactive ketones (excluding diaryl/α,β-unsaturated/α-hetero) is 4. The van der Waals surface area contributed by atoms with Crippen molar-refractivity contribution in [2.45, 2.75) is 304 Å². The predicted molar refractivity (Wildman–Crippen MR) is 547 cm³/mol. The standard InChI is InChI=1S/C102H133IN8O29S4/c1-54-43-80(132-53-64(54)44-55(2)112)138-92-87(121)85(110-140-81-48-73(115)93(60(7)134-81)143-96(125)82-56(3)84(103)90(57(4)89(82)130-11)139-97-88(122)91(131-12)86(120)59(6)136-97)58(5)135-98(92)137-75-29-17-14-15-21-37-102(128)50-74(116)68(47-79(119)129-10)83(75)69(102)36-42-142-144-101(8,9)38-35-66(113)26-24-40-106-100(127)133-52-61-31-33-65(34-32-61)108-94(123)62(25-23-39-105-99(104)126)46-72(114)71(45-63-51-107-70-28-20-19-27-67(63)70)109-77(117)30-18-16-22-41-111-78(118)49-76(141-13)95(111)124/h14-15,19-20,27-28,31-34,36,51,54,58-60,62,64,71,73,75-76,80-81,85-88,91-93,97-98,107,110,115,120-122,128H,16,18,22-26,30,35,38-50,52-53H2,1-13H3,(H,106,127)(H,108,123)(H,109,117)(H3,104,105,126)/b15-14-,69-36-/t54?,58?,59?,60?,62-,64?,71+,73?,75+,76?,80?,81?,85?,86?,87?,88?,91?,92?,93?,97?,98?,102+/m1/s1. The van der Waals surface area contributed by atoms with E-state index in [1.165, 1.54) is 71.5 Å². The Morgan fingerprint density at radius 1 is 0.812 bits per heavy atom. The van der Waals surface area contributed by atoms with Gasteiger partial charge in [-0.2, -0.15) is 17.2 Å². The zero-order valence-electron chi connectivity index (χ0n) is 83.1. The molecule has 0 radical (unpaired) electrons. The first kappa shape index (κ1) is 115. The minimum absolute atomic E-state index is 0.0128. The van der Waals surface area contributed by atoms with Gasteiger partial charge in [-0.25, -0.2) is 9.59 Å². The third-order valence-electron chi connectivity index (χ3n) is 26.5. The summed E-state index contributed by atoms with van der Waals surface area (Å²) < 4.78 is 67.0. The molecule has 144 heavy (non-hydrogen) atoms. The number of alkyl carbamates (subject to hydrolysis) is 1. The number of primary amides is 1. The van der Waals surface area contributed by atoms with E-state index in [1.807, 2.05) is 67.6 Å². The van der Waals surface area contributed by atoms with Crippen LogP contribution in [0.4, 0.5) is 15.3 Å². The molecule has 2 bridgehead atoms. The number of ether oxygens (including phenoxy) is 11. The number of aliphatic hydroxyl groups is 5. The summed E-state index contributed by atoms with van der Waals surface area (Å²) in [6.07, 6.45) is -7.38. The van der Waals surface area contributed by atoms with Gasteiger partial charge in [-0.15, -0.1) is 0 Å². The van der Waals surface area contributed by atoms with Crippen LogP contribution < -0.4 is 42.0 Å². The van der Waals surface area contributed by atoms with E-state index in [4.69, 9.17) is 62.7 Å². The van der Waals surface area contributed by atoms with Crippen LogP contribution in [0.3, 0.4) is 0 Å². The molecular weight excluding hydrogens is 2060 g/mol. The van der Waals surface area contributed by atoms with Crippen molar-refractivity contribution in [2.24, 2.45) is 23.5 Å². The Morgan fingerprint density at radius 3 is 2.25 bits per heavy atom. The number of esters is 1. The first-order valence-electron chi connectivity index (χ1n) is 48.3. The largest absolute Gasteiger partial charge is 0.496 e. The van der Waals surface area contributed by atoms with Gasteiger partial charge in [0.2, 0.25) is 35.0 Å². The number of unbranched alkanes of at least 4 members (excludes halogenated alkanes) is 2. The van der Waals surface area contributed by atoms with Crippen LogP contribution in [0, 0.1) is 58.9 Å². The number of aromatic nitrogens is 1. The van der Waals surface area contributed by atoms with Crippen molar-refractivity contribution in [3.63, 3.8) is 0 Å². The number of likely N-dealkylation sites (tertiary alicyclic amines) is 1. The van der Waals surface area contributed by atoms with E-state index < -0.39 is 173 Å². The highest BCUT2D eigenvalue weighted by Crippen LogP contribution is 2.48. The lowest BCUT2D eigenvalue weighted by atomic mass is 9.72. The topological polar surface area (TPSA) is 522 Å². The Balaban J connectivity index is 0.678. The fraction of sp³-hybridized carbons (Fsp3) is 0.588. The van der Waals surface area contributed by atoms with Crippen LogP contribution in [0.5, 0.6) is 11.5 Å². The number of anilines is 1. The van der Waals surface area contributed by atoms with Gasteiger partial charge < -0.3 is 114 Å². The van der Waals surface area contributed by atoms with Crippen molar-refractivity contribution >= 4 is 154 Å². The second-order valence-corrected chi connectivity index (χ2v) is 44.0. The van der Waals surface area contributed by atoms with E-state index in [0.717, 1.165) is 35.3 Å². The summed E-state index contributed by atoms with van der Waals surface area (Å²) in [4.78, 5) is 171. The Hall–Kier alpha value is -8.85. The summed E-state index contributed by atoms with van der Waals surface area (Å²) >= 11 is 4.23. The zero-order chi connectivity index (χ0) is 105. The third kappa shape index (κ3) is 31.2. The molecule has 42 heteroatoms. The van der Waals surface area contributed by atoms with Crippen LogP contribution in [0.2, 0.25) is 0 Å². The Bertz CT molecular complexity index is 5470. The number of aromatic amines is 1. The third-order valence-corrected chi connectivity index (χ3v) is 33.3. The number of imide groups is 1. The average molecular weight is 2190 g/mol. The number of carbonyl (C=O) groups excluding carboxylic acids is 12. The summed E-state index contributed by atoms with van der Waals surface area (Å²) in [6.45, 7) is 16.2. The fourth-order valence-electron chi connectivity index (χ4n) is 18.3. The number of hydroxylamine groups is 1. The van der Waals surface area contributed by atoms with Crippen LogP contribution in [0.1, 0.15) is 190 Å².